The first-order valence-electron chi connectivity index (χ1n) is 7.05. The molecule has 112 valence electrons. The molecule has 0 unspecified atom stereocenters. The van der Waals surface area contributed by atoms with E-state index in [9.17, 15) is 0 Å². The normalized spacial score (nSPS) is 12.0. The monoisotopic (exact) mass is 286 g/mol. The SMILES string of the molecule is Cc1ccc(NC(N)=NCc2cc(C(C)C)no2)cc1C. The van der Waals surface area contributed by atoms with Crippen LogP contribution in [0.15, 0.2) is 33.8 Å². The smallest absolute Gasteiger partial charge is 0.193 e. The number of aliphatic imine (C=N–C) groups is 1. The topological polar surface area (TPSA) is 76.4 Å². The molecule has 0 amide bonds. The molecule has 0 aliphatic carbocycles. The maximum atomic E-state index is 5.89. The van der Waals surface area contributed by atoms with Gasteiger partial charge in [-0.05, 0) is 43.0 Å². The zero-order valence-corrected chi connectivity index (χ0v) is 13.0. The number of benzene rings is 1. The highest BCUT2D eigenvalue weighted by atomic mass is 16.5. The molecule has 0 radical (unpaired) electrons. The van der Waals surface area contributed by atoms with E-state index in [1.54, 1.807) is 0 Å². The lowest BCUT2D eigenvalue weighted by molar-refractivity contribution is 0.376. The molecule has 21 heavy (non-hydrogen) atoms. The van der Waals surface area contributed by atoms with Gasteiger partial charge in [0.05, 0.1) is 5.69 Å². The number of anilines is 1. The molecule has 0 fully saturated rings. The highest BCUT2D eigenvalue weighted by molar-refractivity contribution is 5.92. The van der Waals surface area contributed by atoms with Crippen molar-refractivity contribution in [2.24, 2.45) is 10.7 Å². The molecular weight excluding hydrogens is 264 g/mol. The molecule has 0 aliphatic heterocycles. The Hall–Kier alpha value is -2.30. The summed E-state index contributed by atoms with van der Waals surface area (Å²) in [6, 6.07) is 7.99. The summed E-state index contributed by atoms with van der Waals surface area (Å²) in [7, 11) is 0. The third kappa shape index (κ3) is 4.08. The van der Waals surface area contributed by atoms with Gasteiger partial charge >= 0.3 is 0 Å². The number of aromatic nitrogens is 1. The van der Waals surface area contributed by atoms with Crippen molar-refractivity contribution < 1.29 is 4.52 Å². The first kappa shape index (κ1) is 15.1. The molecule has 0 saturated heterocycles. The van der Waals surface area contributed by atoms with Gasteiger partial charge in [0, 0.05) is 11.8 Å². The lowest BCUT2D eigenvalue weighted by atomic mass is 10.1. The Kier molecular flexibility index (Phi) is 4.62. The second kappa shape index (κ2) is 6.43. The summed E-state index contributed by atoms with van der Waals surface area (Å²) in [6.45, 7) is 8.66. The highest BCUT2D eigenvalue weighted by Crippen LogP contribution is 2.15. The van der Waals surface area contributed by atoms with Gasteiger partial charge in [0.2, 0.25) is 0 Å². The predicted molar refractivity (Wildman–Crippen MR) is 85.5 cm³/mol. The van der Waals surface area contributed by atoms with E-state index in [0.717, 1.165) is 11.4 Å². The minimum Gasteiger partial charge on any atom is -0.370 e. The Labute approximate surface area is 125 Å². The van der Waals surface area contributed by atoms with Gasteiger partial charge < -0.3 is 15.6 Å². The zero-order chi connectivity index (χ0) is 15.4. The number of rotatable bonds is 4. The van der Waals surface area contributed by atoms with Gasteiger partial charge in [-0.1, -0.05) is 25.1 Å². The van der Waals surface area contributed by atoms with Gasteiger partial charge in [0.15, 0.2) is 11.7 Å². The molecule has 0 atom stereocenters. The average Bonchev–Trinajstić information content (AvgIpc) is 2.90. The van der Waals surface area contributed by atoms with E-state index >= 15 is 0 Å². The molecule has 0 bridgehead atoms. The molecule has 0 saturated carbocycles. The van der Waals surface area contributed by atoms with E-state index in [2.05, 4.69) is 49.2 Å². The summed E-state index contributed by atoms with van der Waals surface area (Å²) < 4.78 is 5.22. The second-order valence-electron chi connectivity index (χ2n) is 5.50. The molecule has 1 heterocycles. The number of nitrogens with one attached hydrogen (secondary N) is 1. The quantitative estimate of drug-likeness (QED) is 0.667. The predicted octanol–water partition coefficient (Wildman–Crippen LogP) is 3.34. The van der Waals surface area contributed by atoms with E-state index in [4.69, 9.17) is 10.3 Å². The van der Waals surface area contributed by atoms with Gasteiger partial charge in [-0.15, -0.1) is 0 Å². The van der Waals surface area contributed by atoms with Crippen molar-refractivity contribution in [2.45, 2.75) is 40.2 Å². The molecular formula is C16H22N4O. The van der Waals surface area contributed by atoms with Gasteiger partial charge in [0.25, 0.3) is 0 Å². The number of guanidine groups is 1. The molecule has 1 aromatic carbocycles. The van der Waals surface area contributed by atoms with Crippen LogP contribution in [-0.2, 0) is 6.54 Å². The summed E-state index contributed by atoms with van der Waals surface area (Å²) in [5, 5.41) is 7.07. The van der Waals surface area contributed by atoms with Crippen molar-refractivity contribution >= 4 is 11.6 Å². The molecule has 5 nitrogen and oxygen atoms in total. The summed E-state index contributed by atoms with van der Waals surface area (Å²) in [5.74, 6) is 1.42. The zero-order valence-electron chi connectivity index (χ0n) is 13.0. The van der Waals surface area contributed by atoms with Crippen LogP contribution >= 0.6 is 0 Å². The maximum absolute atomic E-state index is 5.89. The average molecular weight is 286 g/mol. The standard InChI is InChI=1S/C16H22N4O/c1-10(2)15-8-14(21-20-15)9-18-16(17)19-13-6-5-11(3)12(4)7-13/h5-8,10H,9H2,1-4H3,(H3,17,18,19). The lowest BCUT2D eigenvalue weighted by Gasteiger charge is -2.07. The van der Waals surface area contributed by atoms with E-state index in [-0.39, 0.29) is 0 Å². The Morgan fingerprint density at radius 3 is 2.67 bits per heavy atom. The number of nitrogens with two attached hydrogens (primary N) is 1. The van der Waals surface area contributed by atoms with Crippen molar-refractivity contribution in [3.63, 3.8) is 0 Å². The van der Waals surface area contributed by atoms with Crippen LogP contribution in [0.3, 0.4) is 0 Å². The number of hydrogen-bond acceptors (Lipinski definition) is 3. The summed E-state index contributed by atoms with van der Waals surface area (Å²) in [5.41, 5.74) is 10.2. The fraction of sp³-hybridized carbons (Fsp3) is 0.375. The van der Waals surface area contributed by atoms with Crippen LogP contribution in [0.25, 0.3) is 0 Å². The van der Waals surface area contributed by atoms with E-state index in [0.29, 0.717) is 24.2 Å². The molecule has 2 aromatic rings. The molecule has 1 aromatic heterocycles. The fourth-order valence-corrected chi connectivity index (χ4v) is 1.85. The van der Waals surface area contributed by atoms with Crippen molar-refractivity contribution in [2.75, 3.05) is 5.32 Å². The third-order valence-corrected chi connectivity index (χ3v) is 3.35. The van der Waals surface area contributed by atoms with Crippen LogP contribution in [0.5, 0.6) is 0 Å². The Balaban J connectivity index is 1.98. The summed E-state index contributed by atoms with van der Waals surface area (Å²) in [4.78, 5) is 4.26. The minimum absolute atomic E-state index is 0.345. The summed E-state index contributed by atoms with van der Waals surface area (Å²) in [6.07, 6.45) is 0. The largest absolute Gasteiger partial charge is 0.370 e. The van der Waals surface area contributed by atoms with E-state index in [1.807, 2.05) is 18.2 Å². The van der Waals surface area contributed by atoms with E-state index < -0.39 is 0 Å². The molecule has 3 N–H and O–H groups in total. The highest BCUT2D eigenvalue weighted by Gasteiger charge is 2.07. The number of hydrogen-bond donors (Lipinski definition) is 2. The molecule has 0 aliphatic rings. The van der Waals surface area contributed by atoms with Crippen LogP contribution in [0.1, 0.15) is 42.3 Å². The molecule has 0 spiro atoms. The number of nitrogens with zero attached hydrogens (tertiary/aromatic N) is 2. The third-order valence-electron chi connectivity index (χ3n) is 3.35. The fourth-order valence-electron chi connectivity index (χ4n) is 1.85. The Bertz CT molecular complexity index is 643. The first-order valence-corrected chi connectivity index (χ1v) is 7.05. The van der Waals surface area contributed by atoms with Crippen molar-refractivity contribution in [3.05, 3.63) is 46.8 Å². The van der Waals surface area contributed by atoms with Crippen molar-refractivity contribution in [1.82, 2.24) is 5.16 Å². The van der Waals surface area contributed by atoms with Crippen LogP contribution in [0, 0.1) is 13.8 Å². The van der Waals surface area contributed by atoms with Crippen LogP contribution in [-0.4, -0.2) is 11.1 Å². The van der Waals surface area contributed by atoms with Gasteiger partial charge in [-0.2, -0.15) is 0 Å². The summed E-state index contributed by atoms with van der Waals surface area (Å²) >= 11 is 0. The maximum Gasteiger partial charge on any atom is 0.193 e. The minimum atomic E-state index is 0.345. The van der Waals surface area contributed by atoms with Gasteiger partial charge in [0.1, 0.15) is 6.54 Å². The molecule has 2 rings (SSSR count). The van der Waals surface area contributed by atoms with Crippen molar-refractivity contribution in [3.8, 4) is 0 Å². The molecule has 5 heteroatoms. The Morgan fingerprint density at radius 2 is 2.05 bits per heavy atom. The second-order valence-corrected chi connectivity index (χ2v) is 5.50. The Morgan fingerprint density at radius 1 is 1.29 bits per heavy atom. The van der Waals surface area contributed by atoms with Crippen LogP contribution < -0.4 is 11.1 Å². The van der Waals surface area contributed by atoms with Crippen LogP contribution in [0.4, 0.5) is 5.69 Å². The van der Waals surface area contributed by atoms with Crippen molar-refractivity contribution in [1.29, 1.82) is 0 Å². The van der Waals surface area contributed by atoms with Crippen LogP contribution in [0.2, 0.25) is 0 Å². The number of aryl methyl sites for hydroxylation is 2. The lowest BCUT2D eigenvalue weighted by Crippen LogP contribution is -2.22. The first-order chi connectivity index (χ1) is 9.95. The van der Waals surface area contributed by atoms with E-state index in [1.165, 1.54) is 11.1 Å². The van der Waals surface area contributed by atoms with Gasteiger partial charge in [-0.25, -0.2) is 4.99 Å². The van der Waals surface area contributed by atoms with Gasteiger partial charge in [-0.3, -0.25) is 0 Å².